The summed E-state index contributed by atoms with van der Waals surface area (Å²) >= 11 is 0. The third kappa shape index (κ3) is 3.32. The molecule has 2 atom stereocenters. The lowest BCUT2D eigenvalue weighted by Crippen LogP contribution is -2.51. The van der Waals surface area contributed by atoms with Crippen molar-refractivity contribution in [2.75, 3.05) is 20.1 Å². The van der Waals surface area contributed by atoms with Crippen molar-refractivity contribution in [1.82, 2.24) is 20.0 Å². The van der Waals surface area contributed by atoms with Crippen LogP contribution in [0.2, 0.25) is 0 Å². The van der Waals surface area contributed by atoms with Crippen molar-refractivity contribution in [1.29, 1.82) is 0 Å². The van der Waals surface area contributed by atoms with Crippen molar-refractivity contribution in [3.63, 3.8) is 0 Å². The number of aryl methyl sites for hydroxylation is 2. The number of hydrogen-bond acceptors (Lipinski definition) is 3. The minimum absolute atomic E-state index is 0.228. The highest BCUT2D eigenvalue weighted by molar-refractivity contribution is 5.78. The van der Waals surface area contributed by atoms with Gasteiger partial charge in [-0.1, -0.05) is 0 Å². The summed E-state index contributed by atoms with van der Waals surface area (Å²) in [5, 5.41) is 7.18. The molecule has 2 fully saturated rings. The number of aromatic amines is 1. The Kier molecular flexibility index (Phi) is 4.92. The number of H-pyrrole nitrogens is 1. The Morgan fingerprint density at radius 3 is 2.83 bits per heavy atom. The lowest BCUT2D eigenvalue weighted by molar-refractivity contribution is -0.136. The van der Waals surface area contributed by atoms with Crippen LogP contribution in [0.15, 0.2) is 0 Å². The minimum atomic E-state index is 0.228. The third-order valence-electron chi connectivity index (χ3n) is 5.77. The lowest BCUT2D eigenvalue weighted by Gasteiger charge is -2.41. The van der Waals surface area contributed by atoms with Crippen molar-refractivity contribution >= 4 is 11.8 Å². The van der Waals surface area contributed by atoms with Crippen LogP contribution in [0.5, 0.6) is 0 Å². The molecule has 132 valence electrons. The zero-order chi connectivity index (χ0) is 17.3. The Bertz CT molecular complexity index is 605. The van der Waals surface area contributed by atoms with Gasteiger partial charge in [0.05, 0.1) is 5.69 Å². The topological polar surface area (TPSA) is 69.3 Å². The van der Waals surface area contributed by atoms with Gasteiger partial charge in [0.2, 0.25) is 11.8 Å². The predicted molar refractivity (Wildman–Crippen MR) is 91.5 cm³/mol. The molecule has 0 radical (unpaired) electrons. The van der Waals surface area contributed by atoms with Crippen molar-refractivity contribution in [3.05, 3.63) is 17.0 Å². The number of likely N-dealkylation sites (tertiary alicyclic amines) is 2. The molecule has 0 unspecified atom stereocenters. The minimum Gasteiger partial charge on any atom is -0.342 e. The van der Waals surface area contributed by atoms with Crippen LogP contribution < -0.4 is 0 Å². The maximum Gasteiger partial charge on any atom is 0.222 e. The first-order valence-electron chi connectivity index (χ1n) is 9.01. The highest BCUT2D eigenvalue weighted by Gasteiger charge is 2.36. The molecule has 2 amide bonds. The molecule has 2 aliphatic heterocycles. The van der Waals surface area contributed by atoms with Gasteiger partial charge in [0.25, 0.3) is 0 Å². The van der Waals surface area contributed by atoms with E-state index >= 15 is 0 Å². The summed E-state index contributed by atoms with van der Waals surface area (Å²) in [5.41, 5.74) is 3.21. The van der Waals surface area contributed by atoms with E-state index in [-0.39, 0.29) is 11.8 Å². The molecule has 2 aliphatic rings. The van der Waals surface area contributed by atoms with Crippen molar-refractivity contribution in [2.24, 2.45) is 5.92 Å². The van der Waals surface area contributed by atoms with E-state index in [2.05, 4.69) is 10.2 Å². The highest BCUT2D eigenvalue weighted by Crippen LogP contribution is 2.30. The Hall–Kier alpha value is -1.85. The van der Waals surface area contributed by atoms with E-state index in [9.17, 15) is 9.59 Å². The van der Waals surface area contributed by atoms with Gasteiger partial charge in [-0.3, -0.25) is 14.7 Å². The first kappa shape index (κ1) is 17.0. The fraction of sp³-hybridized carbons (Fsp3) is 0.722. The summed E-state index contributed by atoms with van der Waals surface area (Å²) in [6.45, 7) is 5.54. The third-order valence-corrected chi connectivity index (χ3v) is 5.77. The maximum absolute atomic E-state index is 12.6. The number of fused-ring (bicyclic) bond motifs is 1. The average molecular weight is 332 g/mol. The largest absolute Gasteiger partial charge is 0.342 e. The predicted octanol–water partition coefficient (Wildman–Crippen LogP) is 1.82. The SMILES string of the molecule is Cc1n[nH]c(C)c1CCC(=O)N1CC[C@@H]2[C@@H](CCCC(=O)N2C)C1. The van der Waals surface area contributed by atoms with E-state index in [1.807, 2.05) is 30.7 Å². The van der Waals surface area contributed by atoms with Crippen LogP contribution in [0.1, 0.15) is 49.1 Å². The number of aromatic nitrogens is 2. The van der Waals surface area contributed by atoms with E-state index in [0.29, 0.717) is 24.8 Å². The normalized spacial score (nSPS) is 24.7. The molecule has 3 rings (SSSR count). The van der Waals surface area contributed by atoms with Gasteiger partial charge in [-0.15, -0.1) is 0 Å². The average Bonchev–Trinajstić information content (AvgIpc) is 2.82. The molecule has 6 heteroatoms. The van der Waals surface area contributed by atoms with Crippen molar-refractivity contribution in [3.8, 4) is 0 Å². The van der Waals surface area contributed by atoms with E-state index in [0.717, 1.165) is 55.7 Å². The quantitative estimate of drug-likeness (QED) is 0.918. The number of hydrogen-bond donors (Lipinski definition) is 1. The molecule has 0 aromatic carbocycles. The summed E-state index contributed by atoms with van der Waals surface area (Å²) in [5.74, 6) is 0.913. The summed E-state index contributed by atoms with van der Waals surface area (Å²) in [6, 6.07) is 0.308. The molecule has 1 aromatic heterocycles. The zero-order valence-corrected chi connectivity index (χ0v) is 15.0. The molecule has 0 aliphatic carbocycles. The first-order chi connectivity index (χ1) is 11.5. The molecule has 2 saturated heterocycles. The van der Waals surface area contributed by atoms with Crippen LogP contribution in [0, 0.1) is 19.8 Å². The lowest BCUT2D eigenvalue weighted by atomic mass is 9.88. The number of carbonyl (C=O) groups excluding carboxylic acids is 2. The Morgan fingerprint density at radius 1 is 1.33 bits per heavy atom. The molecule has 1 N–H and O–H groups in total. The smallest absolute Gasteiger partial charge is 0.222 e. The summed E-state index contributed by atoms with van der Waals surface area (Å²) in [4.78, 5) is 28.6. The Labute approximate surface area is 143 Å². The molecule has 3 heterocycles. The van der Waals surface area contributed by atoms with E-state index < -0.39 is 0 Å². The van der Waals surface area contributed by atoms with Gasteiger partial charge in [0.15, 0.2) is 0 Å². The number of rotatable bonds is 3. The van der Waals surface area contributed by atoms with Crippen LogP contribution in [0.25, 0.3) is 0 Å². The molecule has 24 heavy (non-hydrogen) atoms. The number of piperidine rings is 1. The second kappa shape index (κ2) is 6.95. The fourth-order valence-corrected chi connectivity index (χ4v) is 4.25. The van der Waals surface area contributed by atoms with Crippen molar-refractivity contribution < 1.29 is 9.59 Å². The number of nitrogens with one attached hydrogen (secondary N) is 1. The summed E-state index contributed by atoms with van der Waals surface area (Å²) < 4.78 is 0. The van der Waals surface area contributed by atoms with Crippen LogP contribution in [-0.4, -0.2) is 58.0 Å². The monoisotopic (exact) mass is 332 g/mol. The molecule has 6 nitrogen and oxygen atoms in total. The molecule has 0 saturated carbocycles. The fourth-order valence-electron chi connectivity index (χ4n) is 4.25. The van der Waals surface area contributed by atoms with E-state index in [4.69, 9.17) is 0 Å². The Morgan fingerprint density at radius 2 is 2.12 bits per heavy atom. The second-order valence-electron chi connectivity index (χ2n) is 7.27. The van der Waals surface area contributed by atoms with Crippen LogP contribution in [0.4, 0.5) is 0 Å². The van der Waals surface area contributed by atoms with E-state index in [1.165, 1.54) is 0 Å². The van der Waals surface area contributed by atoms with Gasteiger partial charge in [0.1, 0.15) is 0 Å². The summed E-state index contributed by atoms with van der Waals surface area (Å²) in [7, 11) is 1.92. The van der Waals surface area contributed by atoms with Crippen LogP contribution >= 0.6 is 0 Å². The molecule has 0 bridgehead atoms. The second-order valence-corrected chi connectivity index (χ2v) is 7.27. The van der Waals surface area contributed by atoms with Gasteiger partial charge in [-0.05, 0) is 51.0 Å². The van der Waals surface area contributed by atoms with Gasteiger partial charge in [-0.25, -0.2) is 0 Å². The molecule has 0 spiro atoms. The highest BCUT2D eigenvalue weighted by atomic mass is 16.2. The standard InChI is InChI=1S/C18H28N4O2/c1-12-15(13(2)20-19-12)7-8-18(24)22-10-9-16-14(11-22)5-4-6-17(23)21(16)3/h14,16H,4-11H2,1-3H3,(H,19,20)/t14-,16+/m0/s1. The van der Waals surface area contributed by atoms with Crippen LogP contribution in [0.3, 0.4) is 0 Å². The maximum atomic E-state index is 12.6. The summed E-state index contributed by atoms with van der Waals surface area (Å²) in [6.07, 6.45) is 4.83. The van der Waals surface area contributed by atoms with Crippen molar-refractivity contribution in [2.45, 2.75) is 58.4 Å². The van der Waals surface area contributed by atoms with Gasteiger partial charge in [-0.2, -0.15) is 5.10 Å². The van der Waals surface area contributed by atoms with Crippen LogP contribution in [-0.2, 0) is 16.0 Å². The van der Waals surface area contributed by atoms with Gasteiger partial charge >= 0.3 is 0 Å². The van der Waals surface area contributed by atoms with Gasteiger partial charge in [0, 0.05) is 44.7 Å². The zero-order valence-electron chi connectivity index (χ0n) is 15.0. The van der Waals surface area contributed by atoms with Gasteiger partial charge < -0.3 is 9.80 Å². The molecular formula is C18H28N4O2. The molecular weight excluding hydrogens is 304 g/mol. The number of nitrogens with zero attached hydrogens (tertiary/aromatic N) is 3. The number of amides is 2. The number of carbonyl (C=O) groups is 2. The molecule has 1 aromatic rings. The first-order valence-corrected chi connectivity index (χ1v) is 9.01. The Balaban J connectivity index is 1.58. The van der Waals surface area contributed by atoms with E-state index in [1.54, 1.807) is 0 Å².